The highest BCUT2D eigenvalue weighted by Crippen LogP contribution is 2.22. The number of rotatable bonds is 6. The Labute approximate surface area is 111 Å². The molecule has 1 aliphatic heterocycles. The maximum absolute atomic E-state index is 11.9. The Kier molecular flexibility index (Phi) is 6.82. The molecular weight excluding hydrogens is 224 g/mol. The summed E-state index contributed by atoms with van der Waals surface area (Å²) in [5, 5.41) is 6.34. The van der Waals surface area contributed by atoms with Crippen LogP contribution in [0.2, 0.25) is 0 Å². The first-order valence-corrected chi connectivity index (χ1v) is 7.13. The van der Waals surface area contributed by atoms with Gasteiger partial charge in [-0.25, -0.2) is 0 Å². The summed E-state index contributed by atoms with van der Waals surface area (Å²) in [4.78, 5) is 11.9. The average molecular weight is 250 g/mol. The highest BCUT2D eigenvalue weighted by atomic mass is 16.1. The first-order valence-electron chi connectivity index (χ1n) is 7.13. The number of piperidine rings is 1. The van der Waals surface area contributed by atoms with Crippen LogP contribution in [0.1, 0.15) is 46.0 Å². The van der Waals surface area contributed by atoms with E-state index in [-0.39, 0.29) is 11.9 Å². The second-order valence-corrected chi connectivity index (χ2v) is 5.36. The zero-order chi connectivity index (χ0) is 13.4. The molecule has 0 spiro atoms. The van der Waals surface area contributed by atoms with Gasteiger partial charge in [0.25, 0.3) is 0 Å². The predicted octanol–water partition coefficient (Wildman–Crippen LogP) is 1.93. The van der Waals surface area contributed by atoms with Crippen molar-refractivity contribution in [3.8, 4) is 12.3 Å². The Morgan fingerprint density at radius 1 is 1.61 bits per heavy atom. The SMILES string of the molecule is C#CC(CCC)NC(=O)CC(C)C1CCCNC1. The molecule has 2 N–H and O–H groups in total. The van der Waals surface area contributed by atoms with Gasteiger partial charge in [-0.1, -0.05) is 26.2 Å². The van der Waals surface area contributed by atoms with Gasteiger partial charge in [0.15, 0.2) is 0 Å². The molecule has 1 saturated heterocycles. The van der Waals surface area contributed by atoms with Crippen molar-refractivity contribution in [3.63, 3.8) is 0 Å². The lowest BCUT2D eigenvalue weighted by atomic mass is 9.85. The summed E-state index contributed by atoms with van der Waals surface area (Å²) >= 11 is 0. The molecule has 0 bridgehead atoms. The summed E-state index contributed by atoms with van der Waals surface area (Å²) in [7, 11) is 0. The molecule has 1 rings (SSSR count). The van der Waals surface area contributed by atoms with E-state index >= 15 is 0 Å². The van der Waals surface area contributed by atoms with Gasteiger partial charge in [0.1, 0.15) is 0 Å². The van der Waals surface area contributed by atoms with Gasteiger partial charge >= 0.3 is 0 Å². The normalized spacial score (nSPS) is 22.8. The lowest BCUT2D eigenvalue weighted by Crippen LogP contribution is -2.38. The maximum atomic E-state index is 11.9. The summed E-state index contributed by atoms with van der Waals surface area (Å²) < 4.78 is 0. The standard InChI is InChI=1S/C15H26N2O/c1-4-7-14(5-2)17-15(18)10-12(3)13-8-6-9-16-11-13/h2,12-14,16H,4,6-11H2,1,3H3,(H,17,18). The zero-order valence-electron chi connectivity index (χ0n) is 11.7. The van der Waals surface area contributed by atoms with Crippen LogP contribution in [0.5, 0.6) is 0 Å². The molecule has 1 aliphatic rings. The highest BCUT2D eigenvalue weighted by molar-refractivity contribution is 5.76. The minimum Gasteiger partial charge on any atom is -0.342 e. The molecule has 18 heavy (non-hydrogen) atoms. The van der Waals surface area contributed by atoms with E-state index in [1.54, 1.807) is 0 Å². The van der Waals surface area contributed by atoms with Gasteiger partial charge in [-0.3, -0.25) is 4.79 Å². The fourth-order valence-corrected chi connectivity index (χ4v) is 2.56. The fourth-order valence-electron chi connectivity index (χ4n) is 2.56. The molecule has 3 heteroatoms. The molecular formula is C15H26N2O. The van der Waals surface area contributed by atoms with Crippen molar-refractivity contribution < 1.29 is 4.79 Å². The third-order valence-electron chi connectivity index (χ3n) is 3.76. The Morgan fingerprint density at radius 2 is 2.39 bits per heavy atom. The molecule has 1 heterocycles. The molecule has 1 fully saturated rings. The van der Waals surface area contributed by atoms with Crippen LogP contribution in [-0.4, -0.2) is 25.0 Å². The molecule has 3 nitrogen and oxygen atoms in total. The number of hydrogen-bond acceptors (Lipinski definition) is 2. The van der Waals surface area contributed by atoms with Crippen LogP contribution in [0.4, 0.5) is 0 Å². The first kappa shape index (κ1) is 15.0. The zero-order valence-corrected chi connectivity index (χ0v) is 11.7. The monoisotopic (exact) mass is 250 g/mol. The van der Waals surface area contributed by atoms with Crippen molar-refractivity contribution in [2.24, 2.45) is 11.8 Å². The van der Waals surface area contributed by atoms with Gasteiger partial charge in [0.05, 0.1) is 6.04 Å². The molecule has 102 valence electrons. The topological polar surface area (TPSA) is 41.1 Å². The smallest absolute Gasteiger partial charge is 0.221 e. The van der Waals surface area contributed by atoms with Crippen LogP contribution in [0.25, 0.3) is 0 Å². The third kappa shape index (κ3) is 5.10. The number of carbonyl (C=O) groups excluding carboxylic acids is 1. The van der Waals surface area contributed by atoms with Gasteiger partial charge in [0.2, 0.25) is 5.91 Å². The van der Waals surface area contributed by atoms with E-state index in [2.05, 4.69) is 30.4 Å². The highest BCUT2D eigenvalue weighted by Gasteiger charge is 2.22. The Balaban J connectivity index is 2.32. The van der Waals surface area contributed by atoms with Crippen molar-refractivity contribution in [3.05, 3.63) is 0 Å². The van der Waals surface area contributed by atoms with Crippen LogP contribution >= 0.6 is 0 Å². The van der Waals surface area contributed by atoms with Gasteiger partial charge in [-0.05, 0) is 44.2 Å². The molecule has 1 amide bonds. The summed E-state index contributed by atoms with van der Waals surface area (Å²) in [6.07, 6.45) is 10.3. The minimum absolute atomic E-state index is 0.0980. The summed E-state index contributed by atoms with van der Waals surface area (Å²) in [6, 6.07) is -0.0980. The Bertz CT molecular complexity index is 289. The number of terminal acetylenes is 1. The minimum atomic E-state index is -0.0980. The molecule has 0 aromatic carbocycles. The maximum Gasteiger partial charge on any atom is 0.221 e. The van der Waals surface area contributed by atoms with Crippen molar-refractivity contribution in [1.82, 2.24) is 10.6 Å². The molecule has 0 aliphatic carbocycles. The van der Waals surface area contributed by atoms with Crippen molar-refractivity contribution in [2.45, 2.75) is 52.0 Å². The van der Waals surface area contributed by atoms with E-state index in [1.807, 2.05) is 0 Å². The summed E-state index contributed by atoms with van der Waals surface area (Å²) in [5.41, 5.74) is 0. The summed E-state index contributed by atoms with van der Waals surface area (Å²) in [5.74, 6) is 3.80. The number of carbonyl (C=O) groups is 1. The Hall–Kier alpha value is -1.01. The van der Waals surface area contributed by atoms with Crippen molar-refractivity contribution in [2.75, 3.05) is 13.1 Å². The van der Waals surface area contributed by atoms with Gasteiger partial charge in [0, 0.05) is 6.42 Å². The number of hydrogen-bond donors (Lipinski definition) is 2. The van der Waals surface area contributed by atoms with E-state index in [1.165, 1.54) is 12.8 Å². The lowest BCUT2D eigenvalue weighted by Gasteiger charge is -2.28. The van der Waals surface area contributed by atoms with E-state index in [4.69, 9.17) is 6.42 Å². The van der Waals surface area contributed by atoms with Gasteiger partial charge in [-0.2, -0.15) is 0 Å². The second-order valence-electron chi connectivity index (χ2n) is 5.36. The predicted molar refractivity (Wildman–Crippen MR) is 75.0 cm³/mol. The number of nitrogens with one attached hydrogen (secondary N) is 2. The molecule has 0 saturated carbocycles. The molecule has 3 unspecified atom stereocenters. The van der Waals surface area contributed by atoms with Crippen LogP contribution in [0.15, 0.2) is 0 Å². The van der Waals surface area contributed by atoms with E-state index < -0.39 is 0 Å². The molecule has 0 radical (unpaired) electrons. The average Bonchev–Trinajstić information content (AvgIpc) is 2.39. The third-order valence-corrected chi connectivity index (χ3v) is 3.76. The number of amides is 1. The van der Waals surface area contributed by atoms with E-state index in [0.717, 1.165) is 25.9 Å². The second kappa shape index (κ2) is 8.16. The van der Waals surface area contributed by atoms with Crippen molar-refractivity contribution in [1.29, 1.82) is 0 Å². The molecule has 3 atom stereocenters. The van der Waals surface area contributed by atoms with Crippen LogP contribution in [0, 0.1) is 24.2 Å². The largest absolute Gasteiger partial charge is 0.342 e. The van der Waals surface area contributed by atoms with Crippen LogP contribution in [0.3, 0.4) is 0 Å². The van der Waals surface area contributed by atoms with E-state index in [9.17, 15) is 4.79 Å². The van der Waals surface area contributed by atoms with E-state index in [0.29, 0.717) is 18.3 Å². The molecule has 0 aromatic heterocycles. The van der Waals surface area contributed by atoms with Gasteiger partial charge in [-0.15, -0.1) is 6.42 Å². The first-order chi connectivity index (χ1) is 8.67. The molecule has 0 aromatic rings. The Morgan fingerprint density at radius 3 is 2.94 bits per heavy atom. The van der Waals surface area contributed by atoms with Crippen LogP contribution in [-0.2, 0) is 4.79 Å². The lowest BCUT2D eigenvalue weighted by molar-refractivity contribution is -0.122. The quantitative estimate of drug-likeness (QED) is 0.707. The van der Waals surface area contributed by atoms with Gasteiger partial charge < -0.3 is 10.6 Å². The fraction of sp³-hybridized carbons (Fsp3) is 0.800. The summed E-state index contributed by atoms with van der Waals surface area (Å²) in [6.45, 7) is 6.40. The van der Waals surface area contributed by atoms with Crippen molar-refractivity contribution >= 4 is 5.91 Å². The van der Waals surface area contributed by atoms with Crippen LogP contribution < -0.4 is 10.6 Å².